The molecule has 0 bridgehead atoms. The molecule has 0 radical (unpaired) electrons. The van der Waals surface area contributed by atoms with Gasteiger partial charge in [-0.15, -0.1) is 0 Å². The van der Waals surface area contributed by atoms with E-state index in [4.69, 9.17) is 10.5 Å². The zero-order valence-corrected chi connectivity index (χ0v) is 12.2. The van der Waals surface area contributed by atoms with Gasteiger partial charge in [-0.25, -0.2) is 0 Å². The first-order valence-electron chi connectivity index (χ1n) is 7.07. The van der Waals surface area contributed by atoms with Crippen molar-refractivity contribution in [2.75, 3.05) is 30.5 Å². The molecule has 0 aliphatic carbocycles. The fourth-order valence-corrected chi connectivity index (χ4v) is 2.28. The number of rotatable bonds is 6. The first-order valence-corrected chi connectivity index (χ1v) is 7.07. The molecule has 1 atom stereocenters. The number of anilines is 2. The van der Waals surface area contributed by atoms with Crippen LogP contribution in [0.3, 0.4) is 0 Å². The molecule has 21 heavy (non-hydrogen) atoms. The highest BCUT2D eigenvalue weighted by Crippen LogP contribution is 2.24. The number of ether oxygens (including phenoxy) is 1. The number of carbonyl (C=O) groups excluding carboxylic acids is 2. The summed E-state index contributed by atoms with van der Waals surface area (Å²) in [6.45, 7) is 1.17. The molecular weight excluding hydrogens is 270 g/mol. The molecule has 1 unspecified atom stereocenters. The van der Waals surface area contributed by atoms with Crippen LogP contribution in [0.4, 0.5) is 11.4 Å². The van der Waals surface area contributed by atoms with Crippen molar-refractivity contribution in [2.24, 2.45) is 5.73 Å². The van der Waals surface area contributed by atoms with Gasteiger partial charge in [0.05, 0.1) is 6.04 Å². The Bertz CT molecular complexity index is 519. The van der Waals surface area contributed by atoms with Gasteiger partial charge in [-0.1, -0.05) is 6.07 Å². The highest BCUT2D eigenvalue weighted by molar-refractivity contribution is 5.98. The molecule has 1 saturated heterocycles. The minimum atomic E-state index is -0.609. The lowest BCUT2D eigenvalue weighted by molar-refractivity contribution is -0.118. The standard InChI is InChI=1S/C15H21N3O3/c1-21-9-7-13(16)15(20)17-11-4-2-5-12(10-11)18-8-3-6-14(18)19/h2,4-5,10,13H,3,6-9,16H2,1H3,(H,17,20). The SMILES string of the molecule is COCCC(N)C(=O)Nc1cccc(N2CCCC2=O)c1. The van der Waals surface area contributed by atoms with Gasteiger partial charge < -0.3 is 20.7 Å². The average molecular weight is 291 g/mol. The maximum Gasteiger partial charge on any atom is 0.241 e. The molecule has 1 aliphatic heterocycles. The van der Waals surface area contributed by atoms with Crippen LogP contribution in [0.15, 0.2) is 24.3 Å². The van der Waals surface area contributed by atoms with E-state index in [1.54, 1.807) is 24.1 Å². The van der Waals surface area contributed by atoms with Crippen molar-refractivity contribution in [2.45, 2.75) is 25.3 Å². The van der Waals surface area contributed by atoms with Gasteiger partial charge in [0.15, 0.2) is 0 Å². The van der Waals surface area contributed by atoms with Crippen molar-refractivity contribution in [3.05, 3.63) is 24.3 Å². The number of hydrogen-bond acceptors (Lipinski definition) is 4. The summed E-state index contributed by atoms with van der Waals surface area (Å²) in [5.41, 5.74) is 7.23. The van der Waals surface area contributed by atoms with Crippen LogP contribution in [0.25, 0.3) is 0 Å². The maximum absolute atomic E-state index is 11.9. The smallest absolute Gasteiger partial charge is 0.241 e. The highest BCUT2D eigenvalue weighted by atomic mass is 16.5. The van der Waals surface area contributed by atoms with E-state index in [0.29, 0.717) is 25.1 Å². The number of methoxy groups -OCH3 is 1. The monoisotopic (exact) mass is 291 g/mol. The summed E-state index contributed by atoms with van der Waals surface area (Å²) in [7, 11) is 1.57. The minimum Gasteiger partial charge on any atom is -0.385 e. The highest BCUT2D eigenvalue weighted by Gasteiger charge is 2.22. The molecule has 1 aromatic rings. The summed E-state index contributed by atoms with van der Waals surface area (Å²) in [4.78, 5) is 25.4. The number of nitrogens with two attached hydrogens (primary N) is 1. The van der Waals surface area contributed by atoms with Crippen molar-refractivity contribution in [3.8, 4) is 0 Å². The van der Waals surface area contributed by atoms with Crippen LogP contribution in [0.5, 0.6) is 0 Å². The Kier molecular flexibility index (Phi) is 5.30. The lowest BCUT2D eigenvalue weighted by Gasteiger charge is -2.17. The third kappa shape index (κ3) is 4.03. The molecule has 0 spiro atoms. The van der Waals surface area contributed by atoms with Crippen molar-refractivity contribution in [1.82, 2.24) is 0 Å². The molecule has 2 rings (SSSR count). The first kappa shape index (κ1) is 15.5. The summed E-state index contributed by atoms with van der Waals surface area (Å²) in [5.74, 6) is -0.132. The average Bonchev–Trinajstić information content (AvgIpc) is 2.91. The first-order chi connectivity index (χ1) is 10.1. The lowest BCUT2D eigenvalue weighted by Crippen LogP contribution is -2.36. The summed E-state index contributed by atoms with van der Waals surface area (Å²) in [5, 5.41) is 2.77. The van der Waals surface area contributed by atoms with E-state index in [0.717, 1.165) is 18.7 Å². The molecule has 3 N–H and O–H groups in total. The Hall–Kier alpha value is -1.92. The number of carbonyl (C=O) groups is 2. The van der Waals surface area contributed by atoms with Crippen molar-refractivity contribution in [3.63, 3.8) is 0 Å². The van der Waals surface area contributed by atoms with E-state index < -0.39 is 6.04 Å². The van der Waals surface area contributed by atoms with E-state index in [2.05, 4.69) is 5.32 Å². The Labute approximate surface area is 124 Å². The van der Waals surface area contributed by atoms with E-state index in [1.807, 2.05) is 12.1 Å². The van der Waals surface area contributed by atoms with Crippen molar-refractivity contribution in [1.29, 1.82) is 0 Å². The van der Waals surface area contributed by atoms with Gasteiger partial charge in [0.1, 0.15) is 0 Å². The van der Waals surface area contributed by atoms with Crippen molar-refractivity contribution >= 4 is 23.2 Å². The van der Waals surface area contributed by atoms with Gasteiger partial charge in [-0.3, -0.25) is 9.59 Å². The third-order valence-corrected chi connectivity index (χ3v) is 3.47. The number of hydrogen-bond donors (Lipinski definition) is 2. The molecule has 0 aromatic heterocycles. The van der Waals surface area contributed by atoms with Crippen LogP contribution >= 0.6 is 0 Å². The predicted molar refractivity (Wildman–Crippen MR) is 81.1 cm³/mol. The van der Waals surface area contributed by atoms with Crippen LogP contribution in [0.1, 0.15) is 19.3 Å². The van der Waals surface area contributed by atoms with Crippen LogP contribution in [-0.2, 0) is 14.3 Å². The van der Waals surface area contributed by atoms with Crippen LogP contribution in [0.2, 0.25) is 0 Å². The predicted octanol–water partition coefficient (Wildman–Crippen LogP) is 1.12. The second kappa shape index (κ2) is 7.19. The van der Waals surface area contributed by atoms with E-state index in [-0.39, 0.29) is 11.8 Å². The summed E-state index contributed by atoms with van der Waals surface area (Å²) in [6.07, 6.45) is 1.92. The van der Waals surface area contributed by atoms with E-state index in [9.17, 15) is 9.59 Å². The lowest BCUT2D eigenvalue weighted by atomic mass is 10.2. The zero-order chi connectivity index (χ0) is 15.2. The Balaban J connectivity index is 2.01. The maximum atomic E-state index is 11.9. The number of nitrogens with zero attached hydrogens (tertiary/aromatic N) is 1. The molecule has 1 fully saturated rings. The normalized spacial score (nSPS) is 16.1. The molecule has 114 valence electrons. The number of benzene rings is 1. The van der Waals surface area contributed by atoms with Crippen molar-refractivity contribution < 1.29 is 14.3 Å². The Morgan fingerprint density at radius 3 is 3.00 bits per heavy atom. The van der Waals surface area contributed by atoms with Gasteiger partial charge in [-0.2, -0.15) is 0 Å². The van der Waals surface area contributed by atoms with Gasteiger partial charge in [0.25, 0.3) is 0 Å². The minimum absolute atomic E-state index is 0.121. The molecule has 1 aromatic carbocycles. The molecular formula is C15H21N3O3. The molecule has 6 nitrogen and oxygen atoms in total. The summed E-state index contributed by atoms with van der Waals surface area (Å²) in [6, 6.07) is 6.65. The summed E-state index contributed by atoms with van der Waals surface area (Å²) >= 11 is 0. The Morgan fingerprint density at radius 2 is 2.33 bits per heavy atom. The van der Waals surface area contributed by atoms with E-state index >= 15 is 0 Å². The Morgan fingerprint density at radius 1 is 1.52 bits per heavy atom. The largest absolute Gasteiger partial charge is 0.385 e. The van der Waals surface area contributed by atoms with Crippen LogP contribution in [-0.4, -0.2) is 38.1 Å². The second-order valence-corrected chi connectivity index (χ2v) is 5.08. The van der Waals surface area contributed by atoms with Gasteiger partial charge in [0.2, 0.25) is 11.8 Å². The quantitative estimate of drug-likeness (QED) is 0.822. The summed E-state index contributed by atoms with van der Waals surface area (Å²) < 4.78 is 4.91. The molecule has 6 heteroatoms. The number of nitrogens with one attached hydrogen (secondary N) is 1. The van der Waals surface area contributed by atoms with Crippen LogP contribution < -0.4 is 16.0 Å². The molecule has 1 aliphatic rings. The molecule has 0 saturated carbocycles. The number of amides is 2. The van der Waals surface area contributed by atoms with Gasteiger partial charge >= 0.3 is 0 Å². The van der Waals surface area contributed by atoms with Crippen LogP contribution in [0, 0.1) is 0 Å². The van der Waals surface area contributed by atoms with E-state index in [1.165, 1.54) is 0 Å². The second-order valence-electron chi connectivity index (χ2n) is 5.08. The topological polar surface area (TPSA) is 84.7 Å². The molecule has 1 heterocycles. The fourth-order valence-electron chi connectivity index (χ4n) is 2.28. The third-order valence-electron chi connectivity index (χ3n) is 3.47. The van der Waals surface area contributed by atoms with Gasteiger partial charge in [-0.05, 0) is 31.0 Å². The fraction of sp³-hybridized carbons (Fsp3) is 0.467. The van der Waals surface area contributed by atoms with Gasteiger partial charge in [0, 0.05) is 38.1 Å². The molecule has 2 amide bonds. The zero-order valence-electron chi connectivity index (χ0n) is 12.2.